The predicted molar refractivity (Wildman–Crippen MR) is 62.7 cm³/mol. The Morgan fingerprint density at radius 1 is 1.59 bits per heavy atom. The molecule has 0 aliphatic heterocycles. The molecular formula is C10H14N4O3. The number of nitrogens with zero attached hydrogens (tertiary/aromatic N) is 2. The molecule has 1 aromatic heterocycles. The number of rotatable bonds is 4. The first kappa shape index (κ1) is 11.6. The van der Waals surface area contributed by atoms with Crippen molar-refractivity contribution < 1.29 is 9.66 Å². The molecule has 0 radical (unpaired) electrons. The Bertz CT molecular complexity index is 432. The summed E-state index contributed by atoms with van der Waals surface area (Å²) in [4.78, 5) is 14.2. The SMILES string of the molecule is COC1CC(Nc2cc([N+](=O)[O-])cc(N)n2)C1. The molecule has 0 bridgehead atoms. The summed E-state index contributed by atoms with van der Waals surface area (Å²) in [7, 11) is 1.67. The third-order valence-corrected chi connectivity index (χ3v) is 2.82. The maximum atomic E-state index is 10.6. The molecule has 3 N–H and O–H groups in total. The van der Waals surface area contributed by atoms with Crippen LogP contribution in [0.25, 0.3) is 0 Å². The van der Waals surface area contributed by atoms with E-state index in [0.717, 1.165) is 12.8 Å². The van der Waals surface area contributed by atoms with E-state index in [0.29, 0.717) is 5.82 Å². The number of anilines is 2. The third-order valence-electron chi connectivity index (χ3n) is 2.82. The van der Waals surface area contributed by atoms with Crippen LogP contribution in [-0.2, 0) is 4.74 Å². The summed E-state index contributed by atoms with van der Waals surface area (Å²) in [6.07, 6.45) is 2.02. The van der Waals surface area contributed by atoms with E-state index in [4.69, 9.17) is 10.5 Å². The zero-order chi connectivity index (χ0) is 12.4. The number of nitro groups is 1. The van der Waals surface area contributed by atoms with E-state index in [1.807, 2.05) is 0 Å². The van der Waals surface area contributed by atoms with E-state index in [1.165, 1.54) is 12.1 Å². The van der Waals surface area contributed by atoms with Crippen LogP contribution in [-0.4, -0.2) is 29.2 Å². The van der Waals surface area contributed by atoms with E-state index in [2.05, 4.69) is 10.3 Å². The van der Waals surface area contributed by atoms with Crippen LogP contribution in [0.5, 0.6) is 0 Å². The minimum atomic E-state index is -0.484. The van der Waals surface area contributed by atoms with E-state index in [-0.39, 0.29) is 23.7 Å². The number of hydrogen-bond donors (Lipinski definition) is 2. The molecule has 0 unspecified atom stereocenters. The number of nitrogens with one attached hydrogen (secondary N) is 1. The number of nitrogens with two attached hydrogens (primary N) is 1. The van der Waals surface area contributed by atoms with Gasteiger partial charge in [0.15, 0.2) is 0 Å². The van der Waals surface area contributed by atoms with Crippen LogP contribution in [0.3, 0.4) is 0 Å². The number of nitrogen functional groups attached to an aromatic ring is 1. The van der Waals surface area contributed by atoms with Crippen molar-refractivity contribution in [2.24, 2.45) is 0 Å². The number of aromatic nitrogens is 1. The van der Waals surface area contributed by atoms with E-state index in [9.17, 15) is 10.1 Å². The van der Waals surface area contributed by atoms with Crippen LogP contribution in [0.2, 0.25) is 0 Å². The average Bonchev–Trinajstić information content (AvgIpc) is 2.21. The Kier molecular flexibility index (Phi) is 3.10. The molecule has 7 heteroatoms. The smallest absolute Gasteiger partial charge is 0.276 e. The van der Waals surface area contributed by atoms with Crippen LogP contribution >= 0.6 is 0 Å². The van der Waals surface area contributed by atoms with Crippen LogP contribution in [0.15, 0.2) is 12.1 Å². The van der Waals surface area contributed by atoms with Gasteiger partial charge in [-0.3, -0.25) is 10.1 Å². The fourth-order valence-electron chi connectivity index (χ4n) is 1.80. The Morgan fingerprint density at radius 2 is 2.29 bits per heavy atom. The summed E-state index contributed by atoms with van der Waals surface area (Å²) in [6.45, 7) is 0. The Morgan fingerprint density at radius 3 is 2.88 bits per heavy atom. The minimum absolute atomic E-state index is 0.0531. The molecule has 17 heavy (non-hydrogen) atoms. The van der Waals surface area contributed by atoms with Gasteiger partial charge in [0, 0.05) is 13.2 Å². The fraction of sp³-hybridized carbons (Fsp3) is 0.500. The van der Waals surface area contributed by atoms with Crippen molar-refractivity contribution >= 4 is 17.3 Å². The van der Waals surface area contributed by atoms with E-state index >= 15 is 0 Å². The minimum Gasteiger partial charge on any atom is -0.383 e. The molecule has 2 rings (SSSR count). The molecule has 7 nitrogen and oxygen atoms in total. The number of hydrogen-bond acceptors (Lipinski definition) is 6. The summed E-state index contributed by atoms with van der Waals surface area (Å²) < 4.78 is 5.15. The van der Waals surface area contributed by atoms with Gasteiger partial charge >= 0.3 is 0 Å². The molecule has 1 heterocycles. The molecular weight excluding hydrogens is 224 g/mol. The van der Waals surface area contributed by atoms with Crippen molar-refractivity contribution in [1.29, 1.82) is 0 Å². The monoisotopic (exact) mass is 238 g/mol. The van der Waals surface area contributed by atoms with Crippen molar-refractivity contribution in [3.8, 4) is 0 Å². The average molecular weight is 238 g/mol. The first-order valence-electron chi connectivity index (χ1n) is 5.29. The number of pyridine rings is 1. The van der Waals surface area contributed by atoms with Gasteiger partial charge < -0.3 is 15.8 Å². The lowest BCUT2D eigenvalue weighted by Gasteiger charge is -2.34. The normalized spacial score (nSPS) is 22.9. The van der Waals surface area contributed by atoms with Crippen molar-refractivity contribution in [2.75, 3.05) is 18.2 Å². The van der Waals surface area contributed by atoms with Crippen molar-refractivity contribution in [3.05, 3.63) is 22.2 Å². The van der Waals surface area contributed by atoms with Gasteiger partial charge in [-0.1, -0.05) is 0 Å². The quantitative estimate of drug-likeness (QED) is 0.602. The third kappa shape index (κ3) is 2.62. The number of methoxy groups -OCH3 is 1. The highest BCUT2D eigenvalue weighted by molar-refractivity contribution is 5.53. The first-order valence-corrected chi connectivity index (χ1v) is 5.29. The summed E-state index contributed by atoms with van der Waals surface area (Å²) in [5, 5.41) is 13.8. The van der Waals surface area contributed by atoms with Gasteiger partial charge in [-0.25, -0.2) is 4.98 Å². The zero-order valence-electron chi connectivity index (χ0n) is 9.42. The second kappa shape index (κ2) is 4.54. The molecule has 1 saturated carbocycles. The molecule has 0 saturated heterocycles. The number of ether oxygens (including phenoxy) is 1. The molecule has 1 fully saturated rings. The van der Waals surface area contributed by atoms with Crippen molar-refractivity contribution in [3.63, 3.8) is 0 Å². The second-order valence-electron chi connectivity index (χ2n) is 4.06. The molecule has 92 valence electrons. The zero-order valence-corrected chi connectivity index (χ0v) is 9.42. The summed E-state index contributed by atoms with van der Waals surface area (Å²) in [5.41, 5.74) is 5.45. The van der Waals surface area contributed by atoms with Gasteiger partial charge in [0.1, 0.15) is 11.6 Å². The fourth-order valence-corrected chi connectivity index (χ4v) is 1.80. The van der Waals surface area contributed by atoms with Gasteiger partial charge in [-0.2, -0.15) is 0 Å². The second-order valence-corrected chi connectivity index (χ2v) is 4.06. The lowest BCUT2D eigenvalue weighted by atomic mass is 9.89. The predicted octanol–water partition coefficient (Wildman–Crippen LogP) is 1.16. The largest absolute Gasteiger partial charge is 0.383 e. The standard InChI is InChI=1S/C10H14N4O3/c1-17-8-2-6(3-8)12-10-5-7(14(15)16)4-9(11)13-10/h4-6,8H,2-3H2,1H3,(H3,11,12,13). The van der Waals surface area contributed by atoms with Crippen molar-refractivity contribution in [1.82, 2.24) is 4.98 Å². The Labute approximate surface area is 98.1 Å². The summed E-state index contributed by atoms with van der Waals surface area (Å²) in [6, 6.07) is 2.87. The maximum absolute atomic E-state index is 10.6. The first-order chi connectivity index (χ1) is 8.08. The van der Waals surface area contributed by atoms with Crippen LogP contribution in [0.1, 0.15) is 12.8 Å². The Balaban J connectivity index is 2.04. The van der Waals surface area contributed by atoms with Gasteiger partial charge in [0.05, 0.1) is 23.2 Å². The molecule has 0 aromatic carbocycles. The molecule has 0 atom stereocenters. The molecule has 1 aliphatic rings. The summed E-state index contributed by atoms with van der Waals surface area (Å²) >= 11 is 0. The van der Waals surface area contributed by atoms with E-state index in [1.54, 1.807) is 7.11 Å². The van der Waals surface area contributed by atoms with Crippen molar-refractivity contribution in [2.45, 2.75) is 25.0 Å². The van der Waals surface area contributed by atoms with Crippen LogP contribution in [0.4, 0.5) is 17.3 Å². The van der Waals surface area contributed by atoms with Crippen LogP contribution in [0, 0.1) is 10.1 Å². The molecule has 0 spiro atoms. The molecule has 1 aliphatic carbocycles. The molecule has 0 amide bonds. The van der Waals surface area contributed by atoms with E-state index < -0.39 is 4.92 Å². The highest BCUT2D eigenvalue weighted by Crippen LogP contribution is 2.27. The van der Waals surface area contributed by atoms with Gasteiger partial charge in [0.25, 0.3) is 5.69 Å². The van der Waals surface area contributed by atoms with Gasteiger partial charge in [-0.05, 0) is 12.8 Å². The van der Waals surface area contributed by atoms with Crippen LogP contribution < -0.4 is 11.1 Å². The van der Waals surface area contributed by atoms with Gasteiger partial charge in [0.2, 0.25) is 0 Å². The topological polar surface area (TPSA) is 103 Å². The molecule has 1 aromatic rings. The highest BCUT2D eigenvalue weighted by atomic mass is 16.6. The summed E-state index contributed by atoms with van der Waals surface area (Å²) in [5.74, 6) is 0.584. The lowest BCUT2D eigenvalue weighted by Crippen LogP contribution is -2.40. The highest BCUT2D eigenvalue weighted by Gasteiger charge is 2.29. The maximum Gasteiger partial charge on any atom is 0.276 e. The lowest BCUT2D eigenvalue weighted by molar-refractivity contribution is -0.384. The Hall–Kier alpha value is -1.89. The van der Waals surface area contributed by atoms with Gasteiger partial charge in [-0.15, -0.1) is 0 Å².